The number of fused-ring (bicyclic) bond motifs is 1. The number of nitrogens with two attached hydrogens (primary N) is 1. The zero-order chi connectivity index (χ0) is 17.6. The maximum absolute atomic E-state index is 11.7. The zero-order valence-corrected chi connectivity index (χ0v) is 12.8. The van der Waals surface area contributed by atoms with E-state index in [0.29, 0.717) is 5.82 Å². The third kappa shape index (κ3) is 2.98. The van der Waals surface area contributed by atoms with Crippen molar-refractivity contribution in [2.75, 3.05) is 5.73 Å². The van der Waals surface area contributed by atoms with Gasteiger partial charge in [0, 0.05) is 5.82 Å². The average Bonchev–Trinajstić information content (AvgIpc) is 3.00. The largest absolute Gasteiger partial charge is 0.387 e. The molecule has 0 aliphatic carbocycles. The van der Waals surface area contributed by atoms with Crippen molar-refractivity contribution < 1.29 is 29.3 Å². The quantitative estimate of drug-likeness (QED) is 0.334. The molecule has 3 heterocycles. The molecule has 0 aromatic carbocycles. The normalized spacial score (nSPS) is 28.2. The van der Waals surface area contributed by atoms with Gasteiger partial charge in [-0.1, -0.05) is 0 Å². The molecular weight excluding hydrogens is 345 g/mol. The summed E-state index contributed by atoms with van der Waals surface area (Å²) in [5, 5.41) is 20.1. The Hall–Kier alpha value is -2.08. The number of H-pyrrole nitrogens is 1. The van der Waals surface area contributed by atoms with Crippen molar-refractivity contribution in [3.63, 3.8) is 0 Å². The Morgan fingerprint density at radius 2 is 2.08 bits per heavy atom. The van der Waals surface area contributed by atoms with Gasteiger partial charge in [-0.15, -0.1) is 0 Å². The first kappa shape index (κ1) is 16.8. The van der Waals surface area contributed by atoms with Gasteiger partial charge in [0.15, 0.2) is 17.4 Å². The lowest BCUT2D eigenvalue weighted by Gasteiger charge is -2.16. The highest BCUT2D eigenvalue weighted by Gasteiger charge is 2.43. The Morgan fingerprint density at radius 3 is 2.75 bits per heavy atom. The molecular formula is C11H14N5O7P. The van der Waals surface area contributed by atoms with E-state index >= 15 is 0 Å². The number of anilines is 1. The van der Waals surface area contributed by atoms with E-state index in [1.165, 1.54) is 10.9 Å². The lowest BCUT2D eigenvalue weighted by atomic mass is 10.1. The average molecular weight is 359 g/mol. The third-order valence-corrected chi connectivity index (χ3v) is 4.03. The van der Waals surface area contributed by atoms with Crippen LogP contribution in [0.1, 0.15) is 6.23 Å². The molecule has 1 aliphatic heterocycles. The molecule has 13 heteroatoms. The van der Waals surface area contributed by atoms with E-state index in [0.717, 1.165) is 6.08 Å². The molecule has 0 saturated carbocycles. The van der Waals surface area contributed by atoms with Crippen LogP contribution < -0.4 is 11.3 Å². The lowest BCUT2D eigenvalue weighted by molar-refractivity contribution is -0.0244. The molecule has 3 rings (SSSR count). The van der Waals surface area contributed by atoms with Crippen LogP contribution in [0.2, 0.25) is 0 Å². The van der Waals surface area contributed by atoms with Gasteiger partial charge in [0.1, 0.15) is 18.3 Å². The Kier molecular flexibility index (Phi) is 4.03. The molecule has 1 aliphatic rings. The standard InChI is InChI=1S/C11H14N5O7P/c12-11-14-8-5(9(19)15-11)13-3-16(8)10-7(18)6(17)4(23-10)1-2-24(20,21)22/h1-4,6-7,10,17-18H,(H2,20,21,22)(H3,12,14,15,19)/b2-1+/t4-,6-,7-,10-/m1/s1. The monoisotopic (exact) mass is 359 g/mol. The first-order valence-electron chi connectivity index (χ1n) is 6.66. The summed E-state index contributed by atoms with van der Waals surface area (Å²) >= 11 is 0. The maximum atomic E-state index is 11.7. The van der Waals surface area contributed by atoms with Crippen LogP contribution in [-0.4, -0.2) is 57.8 Å². The molecule has 2 aromatic rings. The van der Waals surface area contributed by atoms with Crippen LogP contribution >= 0.6 is 7.60 Å². The second-order valence-corrected chi connectivity index (χ2v) is 6.65. The predicted octanol–water partition coefficient (Wildman–Crippen LogP) is -1.99. The van der Waals surface area contributed by atoms with Crippen molar-refractivity contribution in [3.05, 3.63) is 28.6 Å². The van der Waals surface area contributed by atoms with E-state index in [1.54, 1.807) is 0 Å². The van der Waals surface area contributed by atoms with Crippen molar-refractivity contribution in [2.45, 2.75) is 24.5 Å². The number of hydrogen-bond donors (Lipinski definition) is 6. The van der Waals surface area contributed by atoms with Crippen molar-refractivity contribution in [1.82, 2.24) is 19.5 Å². The number of aromatic nitrogens is 4. The third-order valence-electron chi connectivity index (χ3n) is 3.47. The Labute approximate surface area is 133 Å². The van der Waals surface area contributed by atoms with Crippen LogP contribution in [0, 0.1) is 0 Å². The summed E-state index contributed by atoms with van der Waals surface area (Å²) in [6, 6.07) is 0. The molecule has 0 unspecified atom stereocenters. The minimum atomic E-state index is -4.44. The number of nitrogens with zero attached hydrogens (tertiary/aromatic N) is 3. The fourth-order valence-electron chi connectivity index (χ4n) is 2.40. The van der Waals surface area contributed by atoms with E-state index in [2.05, 4.69) is 15.0 Å². The summed E-state index contributed by atoms with van der Waals surface area (Å²) < 4.78 is 17.5. The molecule has 7 N–H and O–H groups in total. The van der Waals surface area contributed by atoms with Crippen LogP contribution in [0.15, 0.2) is 23.0 Å². The molecule has 1 saturated heterocycles. The number of aliphatic hydroxyl groups excluding tert-OH is 2. The second-order valence-electron chi connectivity index (χ2n) is 5.18. The molecule has 0 bridgehead atoms. The summed E-state index contributed by atoms with van der Waals surface area (Å²) in [5.41, 5.74) is 4.89. The number of aromatic amines is 1. The maximum Gasteiger partial charge on any atom is 0.348 e. The van der Waals surface area contributed by atoms with E-state index in [4.69, 9.17) is 20.3 Å². The number of hydrogen-bond acceptors (Lipinski definition) is 8. The minimum Gasteiger partial charge on any atom is -0.387 e. The summed E-state index contributed by atoms with van der Waals surface area (Å²) in [7, 11) is -4.44. The number of aliphatic hydroxyl groups is 2. The van der Waals surface area contributed by atoms with Crippen molar-refractivity contribution in [1.29, 1.82) is 0 Å². The first-order valence-corrected chi connectivity index (χ1v) is 8.34. The summed E-state index contributed by atoms with van der Waals surface area (Å²) in [6.45, 7) is 0. The van der Waals surface area contributed by atoms with Crippen LogP contribution in [0.3, 0.4) is 0 Å². The van der Waals surface area contributed by atoms with E-state index in [9.17, 15) is 19.6 Å². The molecule has 4 atom stereocenters. The van der Waals surface area contributed by atoms with Gasteiger partial charge in [0.05, 0.1) is 6.33 Å². The van der Waals surface area contributed by atoms with Crippen molar-refractivity contribution in [2.24, 2.45) is 0 Å². The highest BCUT2D eigenvalue weighted by atomic mass is 31.2. The van der Waals surface area contributed by atoms with Crippen LogP contribution in [0.5, 0.6) is 0 Å². The van der Waals surface area contributed by atoms with Crippen molar-refractivity contribution >= 4 is 24.7 Å². The van der Waals surface area contributed by atoms with Gasteiger partial charge in [-0.25, -0.2) is 4.98 Å². The molecule has 0 spiro atoms. The molecule has 1 fully saturated rings. The van der Waals surface area contributed by atoms with Gasteiger partial charge in [0.2, 0.25) is 5.95 Å². The second kappa shape index (κ2) is 5.77. The SMILES string of the molecule is Nc1nc2c(ncn2[C@@H]2O[C@H](/C=C/P(=O)(O)O)[C@@H](O)[C@H]2O)c(=O)[nH]1. The Morgan fingerprint density at radius 1 is 1.38 bits per heavy atom. The molecule has 0 amide bonds. The summed E-state index contributed by atoms with van der Waals surface area (Å²) in [6.07, 6.45) is -3.10. The van der Waals surface area contributed by atoms with E-state index in [1.807, 2.05) is 0 Å². The van der Waals surface area contributed by atoms with E-state index < -0.39 is 37.7 Å². The van der Waals surface area contributed by atoms with Crippen molar-refractivity contribution in [3.8, 4) is 0 Å². The molecule has 130 valence electrons. The Bertz CT molecular complexity index is 902. The highest BCUT2D eigenvalue weighted by Crippen LogP contribution is 2.38. The number of rotatable bonds is 3. The summed E-state index contributed by atoms with van der Waals surface area (Å²) in [5.74, 6) is 0.406. The molecule has 0 radical (unpaired) electrons. The van der Waals surface area contributed by atoms with Gasteiger partial charge in [-0.05, 0) is 6.08 Å². The summed E-state index contributed by atoms with van der Waals surface area (Å²) in [4.78, 5) is 39.5. The fraction of sp³-hybridized carbons (Fsp3) is 0.364. The Balaban J connectivity index is 1.97. The van der Waals surface area contributed by atoms with Gasteiger partial charge >= 0.3 is 7.60 Å². The van der Waals surface area contributed by atoms with Crippen LogP contribution in [0.25, 0.3) is 11.2 Å². The number of nitrogens with one attached hydrogen (secondary N) is 1. The number of nitrogen functional groups attached to an aromatic ring is 1. The number of imidazole rings is 1. The minimum absolute atomic E-state index is 0.0344. The smallest absolute Gasteiger partial charge is 0.348 e. The molecule has 2 aromatic heterocycles. The molecule has 24 heavy (non-hydrogen) atoms. The number of ether oxygens (including phenoxy) is 1. The van der Waals surface area contributed by atoms with Gasteiger partial charge < -0.3 is 30.5 Å². The molecule has 12 nitrogen and oxygen atoms in total. The van der Waals surface area contributed by atoms with E-state index in [-0.39, 0.29) is 17.1 Å². The van der Waals surface area contributed by atoms with Crippen LogP contribution in [0.4, 0.5) is 5.95 Å². The van der Waals surface area contributed by atoms with Gasteiger partial charge in [-0.3, -0.25) is 18.9 Å². The highest BCUT2D eigenvalue weighted by molar-refractivity contribution is 7.55. The van der Waals surface area contributed by atoms with Gasteiger partial charge in [-0.2, -0.15) is 4.98 Å². The zero-order valence-electron chi connectivity index (χ0n) is 11.9. The lowest BCUT2D eigenvalue weighted by Crippen LogP contribution is -2.30. The van der Waals surface area contributed by atoms with Gasteiger partial charge in [0.25, 0.3) is 5.56 Å². The first-order chi connectivity index (χ1) is 11.2. The predicted molar refractivity (Wildman–Crippen MR) is 79.7 cm³/mol. The topological polar surface area (TPSA) is 197 Å². The van der Waals surface area contributed by atoms with Crippen LogP contribution in [-0.2, 0) is 9.30 Å². The fourth-order valence-corrected chi connectivity index (χ4v) is 2.79.